The lowest BCUT2D eigenvalue weighted by atomic mass is 10.1. The molecule has 0 fully saturated rings. The van der Waals surface area contributed by atoms with Gasteiger partial charge in [0.05, 0.1) is 0 Å². The molecule has 0 spiro atoms. The van der Waals surface area contributed by atoms with Crippen molar-refractivity contribution in [3.05, 3.63) is 66.4 Å². The first-order chi connectivity index (χ1) is 11.8. The minimum Gasteiger partial charge on any atom is -0.459 e. The Morgan fingerprint density at radius 3 is 2.17 bits per heavy atom. The molecule has 1 aliphatic heterocycles. The van der Waals surface area contributed by atoms with E-state index in [1.165, 1.54) is 0 Å². The zero-order valence-electron chi connectivity index (χ0n) is 14.1. The SMILES string of the molecule is CC.Cc1cc(-c2ccccc2)no1.c1ccc2c(c1)OCOO2. The van der Waals surface area contributed by atoms with Gasteiger partial charge in [0, 0.05) is 11.6 Å². The second-order valence-corrected chi connectivity index (χ2v) is 4.60. The van der Waals surface area contributed by atoms with E-state index >= 15 is 0 Å². The summed E-state index contributed by atoms with van der Waals surface area (Å²) in [6.45, 7) is 6.05. The normalized spacial score (nSPS) is 11.5. The molecule has 4 rings (SSSR count). The molecule has 0 amide bonds. The Hall–Kier alpha value is -2.79. The third kappa shape index (κ3) is 4.86. The van der Waals surface area contributed by atoms with Gasteiger partial charge >= 0.3 is 0 Å². The summed E-state index contributed by atoms with van der Waals surface area (Å²) < 4.78 is 10.0. The highest BCUT2D eigenvalue weighted by Gasteiger charge is 2.09. The molecule has 2 aromatic carbocycles. The van der Waals surface area contributed by atoms with Crippen molar-refractivity contribution in [2.75, 3.05) is 6.79 Å². The minimum atomic E-state index is 0.164. The Bertz CT molecular complexity index is 700. The maximum Gasteiger partial charge on any atom is 0.232 e. The Morgan fingerprint density at radius 2 is 1.54 bits per heavy atom. The number of rotatable bonds is 1. The molecule has 1 aliphatic rings. The van der Waals surface area contributed by atoms with Crippen LogP contribution in [0.5, 0.6) is 11.5 Å². The number of nitrogens with zero attached hydrogens (tertiary/aromatic N) is 1. The number of benzene rings is 2. The standard InChI is InChI=1S/C10H9NO.C7H6O3.C2H6/c1-8-7-10(11-12-8)9-5-3-2-4-6-9;1-2-4-7-6(3-1)8-5-9-10-7;1-2/h2-7H,1H3;1-4H,5H2;1-2H3. The van der Waals surface area contributed by atoms with Gasteiger partial charge in [-0.2, -0.15) is 0 Å². The second kappa shape index (κ2) is 9.37. The lowest BCUT2D eigenvalue weighted by molar-refractivity contribution is -0.263. The van der Waals surface area contributed by atoms with Crippen LogP contribution in [0.15, 0.2) is 65.2 Å². The van der Waals surface area contributed by atoms with Crippen molar-refractivity contribution < 1.29 is 19.0 Å². The average molecular weight is 327 g/mol. The van der Waals surface area contributed by atoms with E-state index in [1.54, 1.807) is 6.07 Å². The van der Waals surface area contributed by atoms with Crippen molar-refractivity contribution in [1.29, 1.82) is 0 Å². The highest BCUT2D eigenvalue weighted by molar-refractivity contribution is 5.58. The number of ether oxygens (including phenoxy) is 1. The molecule has 0 radical (unpaired) electrons. The molecule has 5 nitrogen and oxygen atoms in total. The molecule has 0 atom stereocenters. The van der Waals surface area contributed by atoms with Gasteiger partial charge in [0.25, 0.3) is 0 Å². The average Bonchev–Trinajstić information content (AvgIpc) is 3.11. The topological polar surface area (TPSA) is 53.7 Å². The number of aromatic nitrogens is 1. The highest BCUT2D eigenvalue weighted by Crippen LogP contribution is 2.28. The van der Waals surface area contributed by atoms with E-state index in [4.69, 9.17) is 14.1 Å². The Kier molecular flexibility index (Phi) is 6.86. The molecule has 5 heteroatoms. The first kappa shape index (κ1) is 17.6. The van der Waals surface area contributed by atoms with Gasteiger partial charge in [-0.05, 0) is 19.1 Å². The van der Waals surface area contributed by atoms with Gasteiger partial charge in [-0.15, -0.1) is 4.89 Å². The first-order valence-electron chi connectivity index (χ1n) is 7.83. The van der Waals surface area contributed by atoms with Gasteiger partial charge in [-0.1, -0.05) is 61.5 Å². The molecule has 3 aromatic rings. The molecule has 0 bridgehead atoms. The Morgan fingerprint density at radius 1 is 0.875 bits per heavy atom. The van der Waals surface area contributed by atoms with Gasteiger partial charge in [-0.25, -0.2) is 0 Å². The van der Waals surface area contributed by atoms with Gasteiger partial charge in [0.1, 0.15) is 11.5 Å². The Labute approximate surface area is 141 Å². The summed E-state index contributed by atoms with van der Waals surface area (Å²) in [6.07, 6.45) is 0. The van der Waals surface area contributed by atoms with E-state index in [-0.39, 0.29) is 6.79 Å². The number of fused-ring (bicyclic) bond motifs is 1. The monoisotopic (exact) mass is 327 g/mol. The van der Waals surface area contributed by atoms with Crippen LogP contribution in [0.1, 0.15) is 19.6 Å². The molecule has 0 unspecified atom stereocenters. The van der Waals surface area contributed by atoms with Crippen molar-refractivity contribution in [2.24, 2.45) is 0 Å². The third-order valence-electron chi connectivity index (χ3n) is 2.96. The second-order valence-electron chi connectivity index (χ2n) is 4.60. The molecule has 0 N–H and O–H groups in total. The molecule has 1 aromatic heterocycles. The van der Waals surface area contributed by atoms with E-state index in [2.05, 4.69) is 10.0 Å². The fourth-order valence-electron chi connectivity index (χ4n) is 1.92. The maximum atomic E-state index is 5.08. The predicted molar refractivity (Wildman–Crippen MR) is 91.7 cm³/mol. The van der Waals surface area contributed by atoms with Crippen LogP contribution in [0.2, 0.25) is 0 Å². The lowest BCUT2D eigenvalue weighted by Crippen LogP contribution is -2.12. The zero-order valence-corrected chi connectivity index (χ0v) is 14.1. The summed E-state index contributed by atoms with van der Waals surface area (Å²) in [6, 6.07) is 19.3. The van der Waals surface area contributed by atoms with E-state index < -0.39 is 0 Å². The van der Waals surface area contributed by atoms with Crippen LogP contribution >= 0.6 is 0 Å². The van der Waals surface area contributed by atoms with Crippen molar-refractivity contribution >= 4 is 0 Å². The van der Waals surface area contributed by atoms with Crippen LogP contribution in [0.25, 0.3) is 11.3 Å². The molecule has 0 saturated carbocycles. The first-order valence-corrected chi connectivity index (χ1v) is 7.83. The number of hydrogen-bond acceptors (Lipinski definition) is 5. The molecule has 0 aliphatic carbocycles. The van der Waals surface area contributed by atoms with Crippen molar-refractivity contribution in [2.45, 2.75) is 20.8 Å². The molecule has 2 heterocycles. The van der Waals surface area contributed by atoms with Crippen molar-refractivity contribution in [3.63, 3.8) is 0 Å². The van der Waals surface area contributed by atoms with Crippen molar-refractivity contribution in [3.8, 4) is 22.8 Å². The molecular formula is C19H21NO4. The lowest BCUT2D eigenvalue weighted by Gasteiger charge is -2.15. The van der Waals surface area contributed by atoms with Crippen LogP contribution < -0.4 is 9.62 Å². The number of hydrogen-bond donors (Lipinski definition) is 0. The third-order valence-corrected chi connectivity index (χ3v) is 2.96. The highest BCUT2D eigenvalue weighted by atomic mass is 17.2. The van der Waals surface area contributed by atoms with Crippen LogP contribution in [0.4, 0.5) is 0 Å². The van der Waals surface area contributed by atoms with Crippen LogP contribution in [0.3, 0.4) is 0 Å². The van der Waals surface area contributed by atoms with Gasteiger partial charge in [-0.3, -0.25) is 0 Å². The van der Waals surface area contributed by atoms with Crippen LogP contribution in [0, 0.1) is 6.92 Å². The molecule has 0 saturated heterocycles. The van der Waals surface area contributed by atoms with Gasteiger partial charge < -0.3 is 14.1 Å². The number of aryl methyl sites for hydroxylation is 1. The summed E-state index contributed by atoms with van der Waals surface area (Å²) in [5.41, 5.74) is 1.99. The van der Waals surface area contributed by atoms with E-state index in [0.29, 0.717) is 5.75 Å². The predicted octanol–water partition coefficient (Wildman–Crippen LogP) is 5.02. The summed E-state index contributed by atoms with van der Waals surface area (Å²) in [5.74, 6) is 2.20. The quantitative estimate of drug-likeness (QED) is 0.587. The fourth-order valence-corrected chi connectivity index (χ4v) is 1.92. The summed E-state index contributed by atoms with van der Waals surface area (Å²) >= 11 is 0. The van der Waals surface area contributed by atoms with Crippen molar-refractivity contribution in [1.82, 2.24) is 5.16 Å². The summed E-state index contributed by atoms with van der Waals surface area (Å²) in [5, 5.41) is 3.91. The fraction of sp³-hybridized carbons (Fsp3) is 0.211. The largest absolute Gasteiger partial charge is 0.459 e. The summed E-state index contributed by atoms with van der Waals surface area (Å²) in [7, 11) is 0. The minimum absolute atomic E-state index is 0.164. The van der Waals surface area contributed by atoms with E-state index in [1.807, 2.05) is 75.4 Å². The number of para-hydroxylation sites is 2. The van der Waals surface area contributed by atoms with E-state index in [0.717, 1.165) is 22.8 Å². The molecule has 126 valence electrons. The van der Waals surface area contributed by atoms with Gasteiger partial charge in [0.2, 0.25) is 12.5 Å². The van der Waals surface area contributed by atoms with Gasteiger partial charge in [0.15, 0.2) is 5.75 Å². The Balaban J connectivity index is 0.000000160. The van der Waals surface area contributed by atoms with E-state index in [9.17, 15) is 0 Å². The zero-order chi connectivity index (χ0) is 17.2. The molecular weight excluding hydrogens is 306 g/mol. The maximum absolute atomic E-state index is 5.08. The van der Waals surface area contributed by atoms with Crippen LogP contribution in [-0.2, 0) is 4.89 Å². The van der Waals surface area contributed by atoms with Crippen LogP contribution in [-0.4, -0.2) is 11.9 Å². The smallest absolute Gasteiger partial charge is 0.232 e. The summed E-state index contributed by atoms with van der Waals surface area (Å²) in [4.78, 5) is 9.37. The molecule has 24 heavy (non-hydrogen) atoms.